The maximum atomic E-state index is 12.5. The summed E-state index contributed by atoms with van der Waals surface area (Å²) in [6, 6.07) is 23.5. The van der Waals surface area contributed by atoms with Crippen molar-refractivity contribution < 1.29 is 19.1 Å². The summed E-state index contributed by atoms with van der Waals surface area (Å²) >= 11 is 0. The van der Waals surface area contributed by atoms with Gasteiger partial charge < -0.3 is 25.6 Å². The highest BCUT2D eigenvalue weighted by Crippen LogP contribution is 2.15. The van der Waals surface area contributed by atoms with E-state index in [1.54, 1.807) is 53.4 Å². The van der Waals surface area contributed by atoms with Crippen molar-refractivity contribution in [3.63, 3.8) is 0 Å². The predicted molar refractivity (Wildman–Crippen MR) is 139 cm³/mol. The average molecular weight is 487 g/mol. The van der Waals surface area contributed by atoms with Crippen molar-refractivity contribution in [3.05, 3.63) is 95.6 Å². The number of ether oxygens (including phenoxy) is 1. The van der Waals surface area contributed by atoms with Crippen LogP contribution in [0.25, 0.3) is 0 Å². The normalized spacial score (nSPS) is 14.0. The molecule has 0 aliphatic carbocycles. The molecular formula is C28H30N4O4. The lowest BCUT2D eigenvalue weighted by Crippen LogP contribution is -2.40. The summed E-state index contributed by atoms with van der Waals surface area (Å²) in [7, 11) is 0. The highest BCUT2D eigenvalue weighted by molar-refractivity contribution is 5.97. The van der Waals surface area contributed by atoms with Crippen molar-refractivity contribution in [2.24, 2.45) is 0 Å². The van der Waals surface area contributed by atoms with Gasteiger partial charge in [-0.15, -0.1) is 0 Å². The summed E-state index contributed by atoms with van der Waals surface area (Å²) in [6.45, 7) is 4.28. The van der Waals surface area contributed by atoms with Crippen molar-refractivity contribution in [1.29, 1.82) is 0 Å². The number of anilines is 2. The maximum absolute atomic E-state index is 12.5. The molecule has 0 bridgehead atoms. The Balaban J connectivity index is 1.23. The predicted octanol–water partition coefficient (Wildman–Crippen LogP) is 3.70. The molecule has 1 aliphatic heterocycles. The van der Waals surface area contributed by atoms with Gasteiger partial charge in [0.05, 0.1) is 25.8 Å². The highest BCUT2D eigenvalue weighted by Gasteiger charge is 2.18. The van der Waals surface area contributed by atoms with E-state index in [-0.39, 0.29) is 30.3 Å². The lowest BCUT2D eigenvalue weighted by molar-refractivity contribution is -0.114. The molecule has 0 spiro atoms. The topological polar surface area (TPSA) is 99.8 Å². The van der Waals surface area contributed by atoms with Gasteiger partial charge in [0, 0.05) is 35.6 Å². The first-order valence-corrected chi connectivity index (χ1v) is 12.0. The van der Waals surface area contributed by atoms with Crippen molar-refractivity contribution in [1.82, 2.24) is 10.2 Å². The van der Waals surface area contributed by atoms with Gasteiger partial charge in [-0.05, 0) is 61.0 Å². The van der Waals surface area contributed by atoms with E-state index < -0.39 is 0 Å². The first-order valence-electron chi connectivity index (χ1n) is 12.0. The standard InChI is InChI=1S/C28H30N4O4/c1-20(21-5-3-2-4-6-21)30-27(34)22-7-11-24(12-8-22)29-19-26(33)31-25-13-9-23(10-14-25)28(35)32-15-17-36-18-16-32/h2-14,20,29H,15-19H2,1H3,(H,30,34)(H,31,33). The lowest BCUT2D eigenvalue weighted by Gasteiger charge is -2.26. The number of nitrogens with one attached hydrogen (secondary N) is 3. The first kappa shape index (κ1) is 24.9. The molecule has 8 heteroatoms. The van der Waals surface area contributed by atoms with Gasteiger partial charge in [0.1, 0.15) is 0 Å². The Morgan fingerprint density at radius 1 is 0.833 bits per heavy atom. The Labute approximate surface area is 210 Å². The van der Waals surface area contributed by atoms with Crippen molar-refractivity contribution in [3.8, 4) is 0 Å². The van der Waals surface area contributed by atoms with Gasteiger partial charge in [-0.2, -0.15) is 0 Å². The molecule has 1 heterocycles. The number of morpholine rings is 1. The summed E-state index contributed by atoms with van der Waals surface area (Å²) < 4.78 is 5.28. The van der Waals surface area contributed by atoms with E-state index in [1.165, 1.54) is 0 Å². The summed E-state index contributed by atoms with van der Waals surface area (Å²) in [6.07, 6.45) is 0. The molecule has 1 atom stereocenters. The minimum atomic E-state index is -0.222. The van der Waals surface area contributed by atoms with Crippen LogP contribution >= 0.6 is 0 Å². The number of carbonyl (C=O) groups excluding carboxylic acids is 3. The zero-order valence-corrected chi connectivity index (χ0v) is 20.2. The lowest BCUT2D eigenvalue weighted by atomic mass is 10.1. The molecule has 0 radical (unpaired) electrons. The van der Waals surface area contributed by atoms with E-state index in [0.717, 1.165) is 11.3 Å². The third-order valence-corrected chi connectivity index (χ3v) is 5.96. The number of hydrogen-bond acceptors (Lipinski definition) is 5. The SMILES string of the molecule is CC(NC(=O)c1ccc(NCC(=O)Nc2ccc(C(=O)N3CCOCC3)cc2)cc1)c1ccccc1. The molecule has 36 heavy (non-hydrogen) atoms. The van der Waals surface area contributed by atoms with Gasteiger partial charge in [0.2, 0.25) is 5.91 Å². The van der Waals surface area contributed by atoms with Crippen LogP contribution in [0.15, 0.2) is 78.9 Å². The molecule has 1 aliphatic rings. The molecule has 8 nitrogen and oxygen atoms in total. The second-order valence-corrected chi connectivity index (χ2v) is 8.57. The average Bonchev–Trinajstić information content (AvgIpc) is 2.93. The van der Waals surface area contributed by atoms with Gasteiger partial charge >= 0.3 is 0 Å². The van der Waals surface area contributed by atoms with Crippen LogP contribution in [-0.4, -0.2) is 55.5 Å². The zero-order valence-electron chi connectivity index (χ0n) is 20.2. The van der Waals surface area contributed by atoms with E-state index >= 15 is 0 Å². The fraction of sp³-hybridized carbons (Fsp3) is 0.250. The maximum Gasteiger partial charge on any atom is 0.254 e. The number of carbonyl (C=O) groups is 3. The number of hydrogen-bond donors (Lipinski definition) is 3. The zero-order chi connectivity index (χ0) is 25.3. The van der Waals surface area contributed by atoms with E-state index in [9.17, 15) is 14.4 Å². The van der Waals surface area contributed by atoms with Crippen LogP contribution in [0.3, 0.4) is 0 Å². The van der Waals surface area contributed by atoms with Crippen LogP contribution in [0.2, 0.25) is 0 Å². The minimum absolute atomic E-state index is 0.0375. The van der Waals surface area contributed by atoms with Gasteiger partial charge in [-0.1, -0.05) is 30.3 Å². The molecule has 4 rings (SSSR count). The summed E-state index contributed by atoms with van der Waals surface area (Å²) in [5.74, 6) is -0.420. The summed E-state index contributed by atoms with van der Waals surface area (Å²) in [5, 5.41) is 8.85. The van der Waals surface area contributed by atoms with E-state index in [4.69, 9.17) is 4.74 Å². The molecule has 3 N–H and O–H groups in total. The van der Waals surface area contributed by atoms with Crippen LogP contribution in [-0.2, 0) is 9.53 Å². The molecule has 1 fully saturated rings. The largest absolute Gasteiger partial charge is 0.378 e. The highest BCUT2D eigenvalue weighted by atomic mass is 16.5. The Kier molecular flexibility index (Phi) is 8.31. The quantitative estimate of drug-likeness (QED) is 0.451. The monoisotopic (exact) mass is 486 g/mol. The van der Waals surface area contributed by atoms with Crippen LogP contribution in [0.1, 0.15) is 39.2 Å². The van der Waals surface area contributed by atoms with Crippen LogP contribution in [0.4, 0.5) is 11.4 Å². The summed E-state index contributed by atoms with van der Waals surface area (Å²) in [5.41, 5.74) is 3.49. The van der Waals surface area contributed by atoms with Gasteiger partial charge in [0.15, 0.2) is 0 Å². The Bertz CT molecular complexity index is 1170. The van der Waals surface area contributed by atoms with E-state index in [1.807, 2.05) is 37.3 Å². The van der Waals surface area contributed by atoms with Crippen molar-refractivity contribution in [2.45, 2.75) is 13.0 Å². The molecule has 3 amide bonds. The van der Waals surface area contributed by atoms with Gasteiger partial charge in [-0.3, -0.25) is 14.4 Å². The van der Waals surface area contributed by atoms with Crippen molar-refractivity contribution >= 4 is 29.1 Å². The smallest absolute Gasteiger partial charge is 0.254 e. The second-order valence-electron chi connectivity index (χ2n) is 8.57. The van der Waals surface area contributed by atoms with E-state index in [0.29, 0.717) is 43.1 Å². The van der Waals surface area contributed by atoms with Gasteiger partial charge in [0.25, 0.3) is 11.8 Å². The number of nitrogens with zero attached hydrogens (tertiary/aromatic N) is 1. The first-order chi connectivity index (χ1) is 17.5. The molecule has 3 aromatic rings. The molecular weight excluding hydrogens is 456 g/mol. The van der Waals surface area contributed by atoms with Crippen LogP contribution in [0, 0.1) is 0 Å². The van der Waals surface area contributed by atoms with Crippen LogP contribution in [0.5, 0.6) is 0 Å². The molecule has 1 unspecified atom stereocenters. The molecule has 186 valence electrons. The Hall–Kier alpha value is -4.17. The molecule has 3 aromatic carbocycles. The van der Waals surface area contributed by atoms with Crippen LogP contribution < -0.4 is 16.0 Å². The third-order valence-electron chi connectivity index (χ3n) is 5.96. The third kappa shape index (κ3) is 6.70. The minimum Gasteiger partial charge on any atom is -0.378 e. The van der Waals surface area contributed by atoms with Gasteiger partial charge in [-0.25, -0.2) is 0 Å². The molecule has 1 saturated heterocycles. The van der Waals surface area contributed by atoms with Crippen molar-refractivity contribution in [2.75, 3.05) is 43.5 Å². The number of benzene rings is 3. The number of rotatable bonds is 8. The Morgan fingerprint density at radius 3 is 2.11 bits per heavy atom. The fourth-order valence-electron chi connectivity index (χ4n) is 3.88. The number of amides is 3. The molecule has 0 saturated carbocycles. The Morgan fingerprint density at radius 2 is 1.44 bits per heavy atom. The second kappa shape index (κ2) is 12.0. The van der Waals surface area contributed by atoms with E-state index in [2.05, 4.69) is 16.0 Å². The summed E-state index contributed by atoms with van der Waals surface area (Å²) in [4.78, 5) is 39.2. The fourth-order valence-corrected chi connectivity index (χ4v) is 3.88. The molecule has 0 aromatic heterocycles.